The Morgan fingerprint density at radius 2 is 1.81 bits per heavy atom. The predicted octanol–water partition coefficient (Wildman–Crippen LogP) is 4.74. The van der Waals surface area contributed by atoms with Gasteiger partial charge in [0.2, 0.25) is 0 Å². The molecule has 31 heavy (non-hydrogen) atoms. The van der Waals surface area contributed by atoms with E-state index in [1.165, 1.54) is 0 Å². The molecular weight excluding hydrogens is 392 g/mol. The van der Waals surface area contributed by atoms with E-state index in [1.54, 1.807) is 36.6 Å². The van der Waals surface area contributed by atoms with Gasteiger partial charge in [-0.05, 0) is 56.2 Å². The van der Waals surface area contributed by atoms with Crippen LogP contribution in [-0.4, -0.2) is 39.5 Å². The number of anilines is 1. The quantitative estimate of drug-likeness (QED) is 0.666. The van der Waals surface area contributed by atoms with Crippen LogP contribution in [0.3, 0.4) is 0 Å². The van der Waals surface area contributed by atoms with Gasteiger partial charge in [-0.25, -0.2) is 4.79 Å². The fourth-order valence-electron chi connectivity index (χ4n) is 3.45. The van der Waals surface area contributed by atoms with E-state index in [2.05, 4.69) is 15.3 Å². The number of carbonyl (C=O) groups is 2. The minimum atomic E-state index is -0.577. The normalized spacial score (nSPS) is 13.2. The van der Waals surface area contributed by atoms with Crippen LogP contribution in [0.25, 0.3) is 22.4 Å². The number of nitrogens with one attached hydrogen (secondary N) is 1. The Hall–Kier alpha value is -3.74. The summed E-state index contributed by atoms with van der Waals surface area (Å²) < 4.78 is 5.28. The number of aromatic nitrogens is 2. The molecule has 0 spiro atoms. The van der Waals surface area contributed by atoms with Crippen molar-refractivity contribution in [2.45, 2.75) is 32.9 Å². The maximum Gasteiger partial charge on any atom is 0.412 e. The van der Waals surface area contributed by atoms with Crippen LogP contribution in [0.4, 0.5) is 10.5 Å². The van der Waals surface area contributed by atoms with Crippen LogP contribution in [0.2, 0.25) is 0 Å². The first kappa shape index (κ1) is 20.5. The highest BCUT2D eigenvalue weighted by Crippen LogP contribution is 2.29. The minimum Gasteiger partial charge on any atom is -0.444 e. The molecule has 1 N–H and O–H groups in total. The van der Waals surface area contributed by atoms with Crippen LogP contribution < -0.4 is 5.32 Å². The third kappa shape index (κ3) is 4.55. The van der Waals surface area contributed by atoms with Crippen LogP contribution in [-0.2, 0) is 11.3 Å². The highest BCUT2D eigenvalue weighted by Gasteiger charge is 2.24. The van der Waals surface area contributed by atoms with Crippen molar-refractivity contribution < 1.29 is 14.3 Å². The van der Waals surface area contributed by atoms with Gasteiger partial charge in [0.15, 0.2) is 0 Å². The molecule has 0 atom stereocenters. The molecule has 0 saturated carbocycles. The molecule has 1 aliphatic heterocycles. The summed E-state index contributed by atoms with van der Waals surface area (Å²) in [5.74, 6) is 0.0578. The molecule has 0 bridgehead atoms. The van der Waals surface area contributed by atoms with E-state index in [4.69, 9.17) is 4.74 Å². The van der Waals surface area contributed by atoms with Crippen molar-refractivity contribution in [1.82, 2.24) is 14.9 Å². The van der Waals surface area contributed by atoms with Crippen LogP contribution in [0.15, 0.2) is 55.0 Å². The smallest absolute Gasteiger partial charge is 0.412 e. The highest BCUT2D eigenvalue weighted by molar-refractivity contribution is 5.98. The molecule has 0 fully saturated rings. The van der Waals surface area contributed by atoms with Crippen LogP contribution in [0.1, 0.15) is 36.7 Å². The fourth-order valence-corrected chi connectivity index (χ4v) is 3.45. The molecule has 0 unspecified atom stereocenters. The Morgan fingerprint density at radius 1 is 1.03 bits per heavy atom. The zero-order valence-corrected chi connectivity index (χ0v) is 18.0. The summed E-state index contributed by atoms with van der Waals surface area (Å²) in [6.45, 7) is 6.05. The van der Waals surface area contributed by atoms with Gasteiger partial charge in [-0.1, -0.05) is 12.1 Å². The number of carbonyl (C=O) groups excluding carboxylic acids is 2. The number of pyridine rings is 2. The molecule has 4 rings (SSSR count). The molecule has 158 valence electrons. The molecule has 1 aliphatic rings. The molecule has 1 aromatic carbocycles. The van der Waals surface area contributed by atoms with E-state index in [9.17, 15) is 9.59 Å². The van der Waals surface area contributed by atoms with E-state index in [0.29, 0.717) is 12.2 Å². The molecule has 2 aromatic heterocycles. The Balaban J connectivity index is 1.52. The minimum absolute atomic E-state index is 0.0578. The summed E-state index contributed by atoms with van der Waals surface area (Å²) in [7, 11) is 1.80. The molecule has 7 nitrogen and oxygen atoms in total. The maximum absolute atomic E-state index is 12.1. The Kier molecular flexibility index (Phi) is 5.19. The molecular formula is C24H24N4O3. The lowest BCUT2D eigenvalue weighted by molar-refractivity contribution is 0.0635. The first-order valence-electron chi connectivity index (χ1n) is 10.00. The molecule has 3 heterocycles. The van der Waals surface area contributed by atoms with Crippen molar-refractivity contribution in [3.8, 4) is 22.4 Å². The lowest BCUT2D eigenvalue weighted by Crippen LogP contribution is -2.27. The second-order valence-corrected chi connectivity index (χ2v) is 8.55. The van der Waals surface area contributed by atoms with Crippen molar-refractivity contribution >= 4 is 17.7 Å². The fraction of sp³-hybridized carbons (Fsp3) is 0.250. The number of rotatable bonds is 3. The van der Waals surface area contributed by atoms with Crippen molar-refractivity contribution in [1.29, 1.82) is 0 Å². The van der Waals surface area contributed by atoms with E-state index < -0.39 is 11.7 Å². The molecule has 3 aromatic rings. The number of ether oxygens (including phenoxy) is 1. The van der Waals surface area contributed by atoms with Gasteiger partial charge in [-0.2, -0.15) is 0 Å². The summed E-state index contributed by atoms with van der Waals surface area (Å²) in [6, 6.07) is 11.6. The summed E-state index contributed by atoms with van der Waals surface area (Å²) >= 11 is 0. The number of hydrogen-bond donors (Lipinski definition) is 1. The first-order chi connectivity index (χ1) is 14.7. The van der Waals surface area contributed by atoms with E-state index >= 15 is 0 Å². The van der Waals surface area contributed by atoms with Gasteiger partial charge in [0.1, 0.15) is 5.60 Å². The van der Waals surface area contributed by atoms with Crippen molar-refractivity contribution in [3.05, 3.63) is 66.1 Å². The number of benzene rings is 1. The van der Waals surface area contributed by atoms with Crippen LogP contribution >= 0.6 is 0 Å². The number of hydrogen-bond acceptors (Lipinski definition) is 5. The van der Waals surface area contributed by atoms with Gasteiger partial charge in [0.05, 0.1) is 17.6 Å². The molecule has 7 heteroatoms. The highest BCUT2D eigenvalue weighted by atomic mass is 16.6. The topological polar surface area (TPSA) is 84.4 Å². The van der Waals surface area contributed by atoms with Crippen molar-refractivity contribution in [3.63, 3.8) is 0 Å². The van der Waals surface area contributed by atoms with Gasteiger partial charge >= 0.3 is 6.09 Å². The molecule has 0 aliphatic carbocycles. The van der Waals surface area contributed by atoms with E-state index in [1.807, 2.05) is 51.1 Å². The average molecular weight is 416 g/mol. The Bertz CT molecular complexity index is 1150. The van der Waals surface area contributed by atoms with Gasteiger partial charge in [-0.15, -0.1) is 0 Å². The van der Waals surface area contributed by atoms with Crippen molar-refractivity contribution in [2.75, 3.05) is 12.4 Å². The van der Waals surface area contributed by atoms with Crippen LogP contribution in [0.5, 0.6) is 0 Å². The number of fused-ring (bicyclic) bond motifs is 1. The zero-order chi connectivity index (χ0) is 22.2. The summed E-state index contributed by atoms with van der Waals surface area (Å²) in [4.78, 5) is 34.6. The van der Waals surface area contributed by atoms with Gasteiger partial charge in [-0.3, -0.25) is 20.1 Å². The van der Waals surface area contributed by atoms with Crippen LogP contribution in [0, 0.1) is 0 Å². The third-order valence-corrected chi connectivity index (χ3v) is 4.87. The zero-order valence-electron chi connectivity index (χ0n) is 18.0. The maximum atomic E-state index is 12.1. The first-order valence-corrected chi connectivity index (χ1v) is 10.00. The predicted molar refractivity (Wildman–Crippen MR) is 119 cm³/mol. The SMILES string of the molecule is CN1Cc2cc(-c3ccc(-c4cncc(NC(=O)OC(C)(C)C)c4)nc3)ccc2C1=O. The monoisotopic (exact) mass is 416 g/mol. The second-order valence-electron chi connectivity index (χ2n) is 8.55. The summed E-state index contributed by atoms with van der Waals surface area (Å²) in [5.41, 5.74) is 5.23. The van der Waals surface area contributed by atoms with Gasteiger partial charge in [0, 0.05) is 42.7 Å². The lowest BCUT2D eigenvalue weighted by atomic mass is 10.0. The Labute approximate surface area is 181 Å². The molecule has 0 saturated heterocycles. The van der Waals surface area contributed by atoms with Gasteiger partial charge < -0.3 is 9.64 Å². The Morgan fingerprint density at radius 3 is 2.52 bits per heavy atom. The number of amides is 2. The van der Waals surface area contributed by atoms with Crippen molar-refractivity contribution in [2.24, 2.45) is 0 Å². The largest absolute Gasteiger partial charge is 0.444 e. The third-order valence-electron chi connectivity index (χ3n) is 4.87. The summed E-state index contributed by atoms with van der Waals surface area (Å²) in [5, 5.41) is 2.69. The van der Waals surface area contributed by atoms with E-state index in [-0.39, 0.29) is 5.91 Å². The number of nitrogens with zero attached hydrogens (tertiary/aromatic N) is 3. The van der Waals surface area contributed by atoms with Gasteiger partial charge in [0.25, 0.3) is 5.91 Å². The lowest BCUT2D eigenvalue weighted by Gasteiger charge is -2.19. The standard InChI is InChI=1S/C24H24N4O3/c1-24(2,3)31-23(30)27-19-10-17(11-25-13-19)21-8-6-16(12-26-21)15-5-7-20-18(9-15)14-28(4)22(20)29/h5-13H,14H2,1-4H3,(H,27,30). The second kappa shape index (κ2) is 7.83. The molecule has 0 radical (unpaired) electrons. The average Bonchev–Trinajstić information content (AvgIpc) is 3.00. The van der Waals surface area contributed by atoms with E-state index in [0.717, 1.165) is 33.5 Å². The molecule has 2 amide bonds. The summed E-state index contributed by atoms with van der Waals surface area (Å²) in [6.07, 6.45) is 4.52.